The van der Waals surface area contributed by atoms with Crippen molar-refractivity contribution < 1.29 is 9.59 Å². The molecule has 5 nitrogen and oxygen atoms in total. The van der Waals surface area contributed by atoms with Crippen LogP contribution in [0.25, 0.3) is 0 Å². The highest BCUT2D eigenvalue weighted by molar-refractivity contribution is 5.82. The van der Waals surface area contributed by atoms with Gasteiger partial charge in [-0.2, -0.15) is 0 Å². The molecule has 1 heterocycles. The van der Waals surface area contributed by atoms with Gasteiger partial charge in [-0.25, -0.2) is 0 Å². The van der Waals surface area contributed by atoms with Gasteiger partial charge in [0.15, 0.2) is 0 Å². The third-order valence-electron chi connectivity index (χ3n) is 6.75. The van der Waals surface area contributed by atoms with E-state index in [1.165, 1.54) is 6.42 Å². The van der Waals surface area contributed by atoms with Crippen LogP contribution in [0.3, 0.4) is 0 Å². The number of carbonyl (C=O) groups is 2. The van der Waals surface area contributed by atoms with Crippen LogP contribution in [0.15, 0.2) is 30.3 Å². The summed E-state index contributed by atoms with van der Waals surface area (Å²) in [6, 6.07) is 10.0. The molecule has 1 aromatic carbocycles. The van der Waals surface area contributed by atoms with Gasteiger partial charge in [-0.15, -0.1) is 0 Å². The lowest BCUT2D eigenvalue weighted by atomic mass is 9.83. The zero-order valence-corrected chi connectivity index (χ0v) is 15.3. The number of fused-ring (bicyclic) bond motifs is 2. The average molecular weight is 355 g/mol. The number of likely N-dealkylation sites (tertiary alicyclic amines) is 1. The lowest BCUT2D eigenvalue weighted by Gasteiger charge is -2.36. The van der Waals surface area contributed by atoms with Crippen LogP contribution in [0, 0.1) is 23.7 Å². The predicted molar refractivity (Wildman–Crippen MR) is 99.9 cm³/mol. The molecule has 4 atom stereocenters. The van der Waals surface area contributed by atoms with Gasteiger partial charge in [0.2, 0.25) is 11.8 Å². The highest BCUT2D eigenvalue weighted by atomic mass is 16.2. The Morgan fingerprint density at radius 3 is 2.38 bits per heavy atom. The van der Waals surface area contributed by atoms with Crippen LogP contribution in [-0.4, -0.2) is 35.8 Å². The summed E-state index contributed by atoms with van der Waals surface area (Å²) in [5.74, 6) is 1.43. The monoisotopic (exact) mass is 355 g/mol. The van der Waals surface area contributed by atoms with Gasteiger partial charge in [0.1, 0.15) is 0 Å². The number of benzene rings is 1. The molecular weight excluding hydrogens is 326 g/mol. The number of rotatable bonds is 4. The summed E-state index contributed by atoms with van der Waals surface area (Å²) < 4.78 is 0. The topological polar surface area (TPSA) is 75.4 Å². The van der Waals surface area contributed by atoms with E-state index in [1.807, 2.05) is 35.2 Å². The summed E-state index contributed by atoms with van der Waals surface area (Å²) in [5, 5.41) is 3.03. The molecule has 3 N–H and O–H groups in total. The molecule has 140 valence electrons. The Morgan fingerprint density at radius 1 is 1.04 bits per heavy atom. The lowest BCUT2D eigenvalue weighted by Crippen LogP contribution is -2.50. The van der Waals surface area contributed by atoms with Crippen molar-refractivity contribution in [3.8, 4) is 0 Å². The molecule has 26 heavy (non-hydrogen) atoms. The van der Waals surface area contributed by atoms with E-state index in [4.69, 9.17) is 5.73 Å². The van der Waals surface area contributed by atoms with Crippen molar-refractivity contribution in [3.05, 3.63) is 35.9 Å². The van der Waals surface area contributed by atoms with Gasteiger partial charge in [0, 0.05) is 31.6 Å². The predicted octanol–water partition coefficient (Wildman–Crippen LogP) is 1.91. The van der Waals surface area contributed by atoms with E-state index in [2.05, 4.69) is 5.32 Å². The zero-order chi connectivity index (χ0) is 18.1. The van der Waals surface area contributed by atoms with Crippen molar-refractivity contribution in [3.63, 3.8) is 0 Å². The van der Waals surface area contributed by atoms with Crippen LogP contribution in [0.1, 0.15) is 37.7 Å². The van der Waals surface area contributed by atoms with Crippen LogP contribution in [0.5, 0.6) is 0 Å². The van der Waals surface area contributed by atoms with Crippen LogP contribution < -0.4 is 11.1 Å². The Morgan fingerprint density at radius 2 is 1.73 bits per heavy atom. The standard InChI is InChI=1S/C21H29N3O2/c22-19-17-7-6-16(12-17)18(19)21(26)24-10-8-15(9-11-24)20(25)23-13-14-4-2-1-3-5-14/h1-5,15-19H,6-13,22H2,(H,23,25). The van der Waals surface area contributed by atoms with Crippen LogP contribution in [-0.2, 0) is 16.1 Å². The highest BCUT2D eigenvalue weighted by Gasteiger charge is 2.50. The van der Waals surface area contributed by atoms with Crippen molar-refractivity contribution in [1.29, 1.82) is 0 Å². The van der Waals surface area contributed by atoms with E-state index in [0.29, 0.717) is 31.5 Å². The first-order valence-electron chi connectivity index (χ1n) is 9.99. The van der Waals surface area contributed by atoms with Crippen LogP contribution in [0.2, 0.25) is 0 Å². The molecule has 1 aromatic rings. The molecular formula is C21H29N3O2. The quantitative estimate of drug-likeness (QED) is 0.866. The summed E-state index contributed by atoms with van der Waals surface area (Å²) in [6.07, 6.45) is 4.99. The summed E-state index contributed by atoms with van der Waals surface area (Å²) in [7, 11) is 0. The fraction of sp³-hybridized carbons (Fsp3) is 0.619. The Bertz CT molecular complexity index is 652. The SMILES string of the molecule is NC1C2CCC(C2)C1C(=O)N1CCC(C(=O)NCc2ccccc2)CC1. The zero-order valence-electron chi connectivity index (χ0n) is 15.3. The Labute approximate surface area is 155 Å². The second kappa shape index (κ2) is 7.39. The van der Waals surface area contributed by atoms with Gasteiger partial charge >= 0.3 is 0 Å². The van der Waals surface area contributed by atoms with Crippen molar-refractivity contribution in [2.45, 2.75) is 44.7 Å². The van der Waals surface area contributed by atoms with E-state index in [1.54, 1.807) is 0 Å². The van der Waals surface area contributed by atoms with Crippen molar-refractivity contribution in [2.24, 2.45) is 29.4 Å². The number of hydrogen-bond acceptors (Lipinski definition) is 3. The third kappa shape index (κ3) is 3.37. The van der Waals surface area contributed by atoms with Gasteiger partial charge < -0.3 is 16.0 Å². The molecule has 0 aromatic heterocycles. The van der Waals surface area contributed by atoms with Gasteiger partial charge in [-0.1, -0.05) is 30.3 Å². The second-order valence-corrected chi connectivity index (χ2v) is 8.24. The molecule has 0 spiro atoms. The second-order valence-electron chi connectivity index (χ2n) is 8.24. The number of hydrogen-bond donors (Lipinski definition) is 2. The number of nitrogens with one attached hydrogen (secondary N) is 1. The number of carbonyl (C=O) groups excluding carboxylic acids is 2. The molecule has 1 aliphatic heterocycles. The lowest BCUT2D eigenvalue weighted by molar-refractivity contribution is -0.141. The maximum Gasteiger partial charge on any atom is 0.227 e. The number of nitrogens with two attached hydrogens (primary N) is 1. The number of piperidine rings is 1. The van der Waals surface area contributed by atoms with Crippen molar-refractivity contribution >= 4 is 11.8 Å². The first kappa shape index (κ1) is 17.5. The minimum Gasteiger partial charge on any atom is -0.352 e. The van der Waals surface area contributed by atoms with E-state index in [-0.39, 0.29) is 29.7 Å². The summed E-state index contributed by atoms with van der Waals surface area (Å²) in [4.78, 5) is 27.3. The number of amides is 2. The molecule has 2 saturated carbocycles. The molecule has 4 unspecified atom stereocenters. The fourth-order valence-electron chi connectivity index (χ4n) is 5.20. The summed E-state index contributed by atoms with van der Waals surface area (Å²) in [5.41, 5.74) is 7.44. The van der Waals surface area contributed by atoms with Crippen LogP contribution >= 0.6 is 0 Å². The first-order chi connectivity index (χ1) is 12.6. The Hall–Kier alpha value is -1.88. The van der Waals surface area contributed by atoms with E-state index < -0.39 is 0 Å². The highest BCUT2D eigenvalue weighted by Crippen LogP contribution is 2.48. The molecule has 4 rings (SSSR count). The van der Waals surface area contributed by atoms with Gasteiger partial charge in [-0.05, 0) is 49.5 Å². The first-order valence-corrected chi connectivity index (χ1v) is 9.99. The smallest absolute Gasteiger partial charge is 0.227 e. The van der Waals surface area contributed by atoms with Gasteiger partial charge in [0.25, 0.3) is 0 Å². The maximum absolute atomic E-state index is 12.9. The van der Waals surface area contributed by atoms with E-state index in [0.717, 1.165) is 31.2 Å². The maximum atomic E-state index is 12.9. The fourth-order valence-corrected chi connectivity index (χ4v) is 5.20. The van der Waals surface area contributed by atoms with Crippen molar-refractivity contribution in [2.75, 3.05) is 13.1 Å². The third-order valence-corrected chi connectivity index (χ3v) is 6.75. The van der Waals surface area contributed by atoms with E-state index in [9.17, 15) is 9.59 Å². The largest absolute Gasteiger partial charge is 0.352 e. The summed E-state index contributed by atoms with van der Waals surface area (Å²) >= 11 is 0. The number of nitrogens with zero attached hydrogens (tertiary/aromatic N) is 1. The molecule has 5 heteroatoms. The van der Waals surface area contributed by atoms with Crippen LogP contribution in [0.4, 0.5) is 0 Å². The Kier molecular flexibility index (Phi) is 4.98. The molecule has 3 aliphatic rings. The van der Waals surface area contributed by atoms with Gasteiger partial charge in [0.05, 0.1) is 5.92 Å². The van der Waals surface area contributed by atoms with E-state index >= 15 is 0 Å². The molecule has 2 aliphatic carbocycles. The molecule has 1 saturated heterocycles. The van der Waals surface area contributed by atoms with Gasteiger partial charge in [-0.3, -0.25) is 9.59 Å². The molecule has 3 fully saturated rings. The average Bonchev–Trinajstić information content (AvgIpc) is 3.28. The summed E-state index contributed by atoms with van der Waals surface area (Å²) in [6.45, 7) is 1.94. The van der Waals surface area contributed by atoms with Crippen molar-refractivity contribution in [1.82, 2.24) is 10.2 Å². The normalized spacial score (nSPS) is 31.2. The molecule has 2 bridgehead atoms. The minimum atomic E-state index is 0.0106. The minimum absolute atomic E-state index is 0.0106. The molecule has 0 radical (unpaired) electrons. The Balaban J connectivity index is 1.26. The molecule has 2 amide bonds.